The lowest BCUT2D eigenvalue weighted by atomic mass is 10.6. The molecule has 0 unspecified atom stereocenters. The highest BCUT2D eigenvalue weighted by atomic mass is 79.9. The van der Waals surface area contributed by atoms with Gasteiger partial charge in [0.25, 0.3) is 0 Å². The van der Waals surface area contributed by atoms with E-state index in [1.165, 1.54) is 0 Å². The third kappa shape index (κ3) is 1.87. The number of aromatic nitrogens is 1. The Labute approximate surface area is 73.6 Å². The quantitative estimate of drug-likeness (QED) is 0.731. The van der Waals surface area contributed by atoms with Crippen molar-refractivity contribution < 1.29 is 8.78 Å². The molecule has 6 heteroatoms. The predicted molar refractivity (Wildman–Crippen MR) is 42.5 cm³/mol. The Morgan fingerprint density at radius 3 is 2.64 bits per heavy atom. The van der Waals surface area contributed by atoms with Gasteiger partial charge >= 0.3 is 11.4 Å². The number of halogens is 3. The summed E-state index contributed by atoms with van der Waals surface area (Å²) < 4.78 is 24.3. The zero-order chi connectivity index (χ0) is 8.43. The van der Waals surface area contributed by atoms with Gasteiger partial charge in [-0.1, -0.05) is 27.3 Å². The van der Waals surface area contributed by atoms with Crippen LogP contribution in [0.15, 0.2) is 11.0 Å². The molecule has 1 aromatic rings. The normalized spacial score (nSPS) is 10.9. The Bertz CT molecular complexity index is 295. The molecule has 0 aliphatic rings. The largest absolute Gasteiger partial charge is 0.322 e. The summed E-state index contributed by atoms with van der Waals surface area (Å²) >= 11 is 3.89. The van der Waals surface area contributed by atoms with Crippen molar-refractivity contribution >= 4 is 27.3 Å². The van der Waals surface area contributed by atoms with Crippen LogP contribution in [-0.4, -0.2) is 4.57 Å². The van der Waals surface area contributed by atoms with Crippen molar-refractivity contribution in [3.05, 3.63) is 20.7 Å². The van der Waals surface area contributed by atoms with Crippen LogP contribution in [-0.2, 0) is 5.33 Å². The van der Waals surface area contributed by atoms with Gasteiger partial charge in [0.2, 0.25) is 0 Å². The standard InChI is InChI=1S/C5H4BrF2NOS/c6-1-3-2-9(4(7)8)5(10)11-3/h2,4H,1H2. The van der Waals surface area contributed by atoms with Gasteiger partial charge in [-0.25, -0.2) is 4.57 Å². The van der Waals surface area contributed by atoms with E-state index in [4.69, 9.17) is 0 Å². The molecule has 0 bridgehead atoms. The van der Waals surface area contributed by atoms with Gasteiger partial charge in [-0.15, -0.1) is 0 Å². The second-order valence-corrected chi connectivity index (χ2v) is 3.42. The molecule has 0 amide bonds. The Hall–Kier alpha value is -0.230. The molecule has 0 spiro atoms. The minimum atomic E-state index is -2.73. The molecular formula is C5H4BrF2NOS. The minimum absolute atomic E-state index is 0.418. The van der Waals surface area contributed by atoms with E-state index in [9.17, 15) is 13.6 Å². The molecule has 0 aromatic carbocycles. The highest BCUT2D eigenvalue weighted by molar-refractivity contribution is 9.08. The fourth-order valence-electron chi connectivity index (χ4n) is 0.597. The number of alkyl halides is 3. The molecule has 0 aliphatic carbocycles. The topological polar surface area (TPSA) is 22.0 Å². The summed E-state index contributed by atoms with van der Waals surface area (Å²) in [5.41, 5.74) is 0. The first kappa shape index (κ1) is 8.86. The van der Waals surface area contributed by atoms with E-state index in [-0.39, 0.29) is 0 Å². The molecule has 0 saturated carbocycles. The van der Waals surface area contributed by atoms with Gasteiger partial charge < -0.3 is 0 Å². The highest BCUT2D eigenvalue weighted by Crippen LogP contribution is 2.13. The van der Waals surface area contributed by atoms with Crippen LogP contribution in [0, 0.1) is 0 Å². The van der Waals surface area contributed by atoms with Gasteiger partial charge in [-0.3, -0.25) is 4.79 Å². The summed E-state index contributed by atoms with van der Waals surface area (Å²) in [6.07, 6.45) is 1.16. The molecular weight excluding hydrogens is 240 g/mol. The zero-order valence-electron chi connectivity index (χ0n) is 5.26. The number of nitrogens with zero attached hydrogens (tertiary/aromatic N) is 1. The van der Waals surface area contributed by atoms with Crippen LogP contribution in [0.4, 0.5) is 8.78 Å². The second kappa shape index (κ2) is 3.44. The maximum Gasteiger partial charge on any atom is 0.322 e. The first-order valence-electron chi connectivity index (χ1n) is 2.70. The third-order valence-corrected chi connectivity index (χ3v) is 2.93. The first-order valence-corrected chi connectivity index (χ1v) is 4.64. The molecule has 0 fully saturated rings. The summed E-state index contributed by atoms with van der Waals surface area (Å²) in [5, 5.41) is 0.437. The van der Waals surface area contributed by atoms with Gasteiger partial charge in [0.15, 0.2) is 0 Å². The number of rotatable bonds is 2. The Morgan fingerprint density at radius 2 is 2.36 bits per heavy atom. The number of hydrogen-bond donors (Lipinski definition) is 0. The maximum absolute atomic E-state index is 11.9. The van der Waals surface area contributed by atoms with Crippen molar-refractivity contribution in [1.82, 2.24) is 4.57 Å². The van der Waals surface area contributed by atoms with E-state index in [2.05, 4.69) is 15.9 Å². The van der Waals surface area contributed by atoms with E-state index in [1.807, 2.05) is 0 Å². The van der Waals surface area contributed by atoms with Crippen LogP contribution in [0.5, 0.6) is 0 Å². The van der Waals surface area contributed by atoms with Crippen molar-refractivity contribution in [2.45, 2.75) is 11.9 Å². The fourth-order valence-corrected chi connectivity index (χ4v) is 1.77. The molecule has 0 aliphatic heterocycles. The summed E-state index contributed by atoms with van der Waals surface area (Å²) in [6, 6.07) is 0. The Kier molecular flexibility index (Phi) is 2.78. The zero-order valence-corrected chi connectivity index (χ0v) is 7.66. The minimum Gasteiger partial charge on any atom is -0.256 e. The summed E-state index contributed by atoms with van der Waals surface area (Å²) in [6.45, 7) is -2.73. The molecule has 1 aromatic heterocycles. The third-order valence-electron chi connectivity index (χ3n) is 1.05. The summed E-state index contributed by atoms with van der Waals surface area (Å²) in [4.78, 5) is 10.7. The number of hydrogen-bond acceptors (Lipinski definition) is 2. The predicted octanol–water partition coefficient (Wildman–Crippen LogP) is 2.20. The van der Waals surface area contributed by atoms with Crippen molar-refractivity contribution in [3.63, 3.8) is 0 Å². The average Bonchev–Trinajstić information content (AvgIpc) is 2.30. The van der Waals surface area contributed by atoms with E-state index in [0.717, 1.165) is 17.5 Å². The van der Waals surface area contributed by atoms with E-state index in [0.29, 0.717) is 14.8 Å². The molecule has 62 valence electrons. The smallest absolute Gasteiger partial charge is 0.256 e. The second-order valence-electron chi connectivity index (χ2n) is 1.78. The lowest BCUT2D eigenvalue weighted by molar-refractivity contribution is 0.0680. The fraction of sp³-hybridized carbons (Fsp3) is 0.400. The molecule has 0 N–H and O–H groups in total. The molecule has 1 rings (SSSR count). The highest BCUT2D eigenvalue weighted by Gasteiger charge is 2.10. The SMILES string of the molecule is O=c1sc(CBr)cn1C(F)F. The lowest BCUT2D eigenvalue weighted by Gasteiger charge is -1.94. The van der Waals surface area contributed by atoms with Crippen molar-refractivity contribution in [1.29, 1.82) is 0 Å². The van der Waals surface area contributed by atoms with Crippen LogP contribution >= 0.6 is 27.3 Å². The van der Waals surface area contributed by atoms with Gasteiger partial charge in [0.1, 0.15) is 0 Å². The lowest BCUT2D eigenvalue weighted by Crippen LogP contribution is -2.11. The molecule has 0 radical (unpaired) electrons. The van der Waals surface area contributed by atoms with Gasteiger partial charge in [-0.05, 0) is 0 Å². The van der Waals surface area contributed by atoms with Crippen molar-refractivity contribution in [2.24, 2.45) is 0 Å². The van der Waals surface area contributed by atoms with Crippen LogP contribution in [0.1, 0.15) is 11.4 Å². The van der Waals surface area contributed by atoms with Crippen LogP contribution < -0.4 is 4.87 Å². The molecule has 2 nitrogen and oxygen atoms in total. The van der Waals surface area contributed by atoms with E-state index >= 15 is 0 Å². The summed E-state index contributed by atoms with van der Waals surface area (Å²) in [7, 11) is 0. The molecule has 0 saturated heterocycles. The van der Waals surface area contributed by atoms with Crippen molar-refractivity contribution in [3.8, 4) is 0 Å². The van der Waals surface area contributed by atoms with E-state index in [1.54, 1.807) is 0 Å². The van der Waals surface area contributed by atoms with Gasteiger partial charge in [0, 0.05) is 16.4 Å². The van der Waals surface area contributed by atoms with E-state index < -0.39 is 11.4 Å². The average molecular weight is 244 g/mol. The Morgan fingerprint density at radius 1 is 1.73 bits per heavy atom. The van der Waals surface area contributed by atoms with Crippen LogP contribution in [0.2, 0.25) is 0 Å². The van der Waals surface area contributed by atoms with Crippen LogP contribution in [0.3, 0.4) is 0 Å². The number of thiazole rings is 1. The van der Waals surface area contributed by atoms with Crippen molar-refractivity contribution in [2.75, 3.05) is 0 Å². The molecule has 1 heterocycles. The molecule has 11 heavy (non-hydrogen) atoms. The maximum atomic E-state index is 11.9. The summed E-state index contributed by atoms with van der Waals surface area (Å²) in [5.74, 6) is 0. The van der Waals surface area contributed by atoms with Gasteiger partial charge in [0.05, 0.1) is 0 Å². The molecule has 0 atom stereocenters. The first-order chi connectivity index (χ1) is 5.15. The Balaban J connectivity index is 3.07. The monoisotopic (exact) mass is 243 g/mol. The van der Waals surface area contributed by atoms with Gasteiger partial charge in [-0.2, -0.15) is 8.78 Å². The van der Waals surface area contributed by atoms with Crippen LogP contribution in [0.25, 0.3) is 0 Å².